The van der Waals surface area contributed by atoms with Gasteiger partial charge < -0.3 is 9.97 Å². The molecule has 48 heavy (non-hydrogen) atoms. The lowest BCUT2D eigenvalue weighted by atomic mass is 9.94. The molecular formula is C46H62N2. The zero-order chi connectivity index (χ0) is 33.0. The van der Waals surface area contributed by atoms with E-state index >= 15 is 0 Å². The first-order valence-electron chi connectivity index (χ1n) is 20.2. The monoisotopic (exact) mass is 642 g/mol. The van der Waals surface area contributed by atoms with Crippen LogP contribution < -0.4 is 0 Å². The van der Waals surface area contributed by atoms with Crippen LogP contribution in [0, 0.1) is 0 Å². The summed E-state index contributed by atoms with van der Waals surface area (Å²) in [5, 5.41) is 10.9. The Morgan fingerprint density at radius 2 is 0.583 bits per heavy atom. The highest BCUT2D eigenvalue weighted by Crippen LogP contribution is 2.37. The van der Waals surface area contributed by atoms with E-state index in [9.17, 15) is 0 Å². The first-order chi connectivity index (χ1) is 23.8. The molecule has 0 unspecified atom stereocenters. The lowest BCUT2D eigenvalue weighted by Gasteiger charge is -2.09. The molecule has 0 amide bonds. The molecule has 2 aromatic heterocycles. The molecule has 0 aliphatic heterocycles. The molecule has 2 heterocycles. The quantitative estimate of drug-likeness (QED) is 0.0545. The average molecular weight is 643 g/mol. The number of rotatable bonds is 22. The number of aromatic amines is 2. The second-order valence-corrected chi connectivity index (χ2v) is 14.9. The van der Waals surface area contributed by atoms with Crippen molar-refractivity contribution in [2.45, 2.75) is 155 Å². The van der Waals surface area contributed by atoms with Gasteiger partial charge in [-0.2, -0.15) is 0 Å². The van der Waals surface area contributed by atoms with Crippen LogP contribution in [0.25, 0.3) is 54.1 Å². The summed E-state index contributed by atoms with van der Waals surface area (Å²) in [5.41, 5.74) is 5.32. The Kier molecular flexibility index (Phi) is 12.9. The van der Waals surface area contributed by atoms with Crippen molar-refractivity contribution < 1.29 is 0 Å². The van der Waals surface area contributed by atoms with Gasteiger partial charge in [0, 0.05) is 33.2 Å². The van der Waals surface area contributed by atoms with Crippen LogP contribution in [0.3, 0.4) is 0 Å². The second-order valence-electron chi connectivity index (χ2n) is 14.9. The Morgan fingerprint density at radius 1 is 0.312 bits per heavy atom. The van der Waals surface area contributed by atoms with Crippen LogP contribution in [0.4, 0.5) is 0 Å². The molecule has 4 aromatic carbocycles. The standard InChI is InChI=1S/C46H62N2/c1-3-5-7-9-11-13-15-17-19-21-23-35-33-43-41-27-25-38-37(39(41)29-31-45(43)47-35)26-28-42-40(38)30-32-46-44(42)34-36(48-46)24-22-20-18-16-14-12-10-8-6-4-2/h25-34,47-48H,3-24H2,1-2H3. The molecule has 0 radical (unpaired) electrons. The number of fused-ring (bicyclic) bond motifs is 9. The molecule has 0 spiro atoms. The summed E-state index contributed by atoms with van der Waals surface area (Å²) in [5.74, 6) is 0. The van der Waals surface area contributed by atoms with Gasteiger partial charge in [-0.15, -0.1) is 0 Å². The van der Waals surface area contributed by atoms with Crippen LogP contribution in [0.15, 0.2) is 60.7 Å². The normalized spacial score (nSPS) is 12.1. The van der Waals surface area contributed by atoms with Crippen molar-refractivity contribution in [2.24, 2.45) is 0 Å². The number of hydrogen-bond acceptors (Lipinski definition) is 0. The van der Waals surface area contributed by atoms with Gasteiger partial charge in [-0.05, 0) is 82.3 Å². The zero-order valence-corrected chi connectivity index (χ0v) is 30.3. The molecule has 6 aromatic rings. The average Bonchev–Trinajstić information content (AvgIpc) is 3.73. The molecule has 2 heteroatoms. The Labute approximate surface area is 290 Å². The molecule has 0 fully saturated rings. The number of hydrogen-bond donors (Lipinski definition) is 2. The van der Waals surface area contributed by atoms with E-state index in [0.717, 1.165) is 12.8 Å². The van der Waals surface area contributed by atoms with E-state index in [0.29, 0.717) is 0 Å². The van der Waals surface area contributed by atoms with Crippen molar-refractivity contribution in [3.8, 4) is 0 Å². The number of aryl methyl sites for hydroxylation is 2. The molecule has 0 saturated carbocycles. The fourth-order valence-electron chi connectivity index (χ4n) is 8.25. The van der Waals surface area contributed by atoms with Gasteiger partial charge in [0.2, 0.25) is 0 Å². The Morgan fingerprint density at radius 3 is 0.917 bits per heavy atom. The minimum atomic E-state index is 1.15. The van der Waals surface area contributed by atoms with Gasteiger partial charge in [-0.3, -0.25) is 0 Å². The molecule has 6 rings (SSSR count). The number of unbranched alkanes of at least 4 members (excludes halogenated alkanes) is 18. The topological polar surface area (TPSA) is 31.6 Å². The van der Waals surface area contributed by atoms with Crippen molar-refractivity contribution in [3.05, 3.63) is 72.1 Å². The van der Waals surface area contributed by atoms with Gasteiger partial charge in [0.25, 0.3) is 0 Å². The van der Waals surface area contributed by atoms with Crippen LogP contribution in [0.2, 0.25) is 0 Å². The maximum atomic E-state index is 3.75. The smallest absolute Gasteiger partial charge is 0.0462 e. The van der Waals surface area contributed by atoms with Gasteiger partial charge in [0.15, 0.2) is 0 Å². The summed E-state index contributed by atoms with van der Waals surface area (Å²) in [6.45, 7) is 4.60. The lowest BCUT2D eigenvalue weighted by Crippen LogP contribution is -1.86. The molecule has 0 aliphatic carbocycles. The molecule has 0 bridgehead atoms. The molecular weight excluding hydrogens is 581 g/mol. The van der Waals surface area contributed by atoms with Crippen molar-refractivity contribution in [1.82, 2.24) is 9.97 Å². The first kappa shape index (κ1) is 34.6. The summed E-state index contributed by atoms with van der Waals surface area (Å²) < 4.78 is 0. The highest BCUT2D eigenvalue weighted by atomic mass is 14.7. The maximum Gasteiger partial charge on any atom is 0.0462 e. The molecule has 0 atom stereocenters. The Hall–Kier alpha value is -3.26. The summed E-state index contributed by atoms with van der Waals surface area (Å²) in [7, 11) is 0. The summed E-state index contributed by atoms with van der Waals surface area (Å²) in [6, 6.07) is 23.6. The van der Waals surface area contributed by atoms with Crippen LogP contribution in [-0.2, 0) is 12.8 Å². The van der Waals surface area contributed by atoms with Crippen LogP contribution >= 0.6 is 0 Å². The minimum absolute atomic E-state index is 1.15. The molecule has 2 nitrogen and oxygen atoms in total. The molecule has 0 saturated heterocycles. The van der Waals surface area contributed by atoms with Gasteiger partial charge in [-0.25, -0.2) is 0 Å². The fourth-order valence-corrected chi connectivity index (χ4v) is 8.25. The lowest BCUT2D eigenvalue weighted by molar-refractivity contribution is 0.555. The van der Waals surface area contributed by atoms with Gasteiger partial charge in [-0.1, -0.05) is 166 Å². The number of H-pyrrole nitrogens is 2. The fraction of sp³-hybridized carbons (Fsp3) is 0.522. The predicted molar refractivity (Wildman–Crippen MR) is 214 cm³/mol. The van der Waals surface area contributed by atoms with Crippen molar-refractivity contribution in [1.29, 1.82) is 0 Å². The highest BCUT2D eigenvalue weighted by molar-refractivity contribution is 6.24. The third kappa shape index (κ3) is 8.66. The van der Waals surface area contributed by atoms with E-state index in [1.54, 1.807) is 0 Å². The van der Waals surface area contributed by atoms with Crippen LogP contribution in [-0.4, -0.2) is 9.97 Å². The zero-order valence-electron chi connectivity index (χ0n) is 30.3. The Bertz CT molecular complexity index is 1730. The van der Waals surface area contributed by atoms with Crippen molar-refractivity contribution in [2.75, 3.05) is 0 Å². The van der Waals surface area contributed by atoms with E-state index in [1.807, 2.05) is 0 Å². The van der Waals surface area contributed by atoms with E-state index < -0.39 is 0 Å². The molecule has 0 aliphatic rings. The largest absolute Gasteiger partial charge is 0.358 e. The van der Waals surface area contributed by atoms with Crippen molar-refractivity contribution in [3.63, 3.8) is 0 Å². The minimum Gasteiger partial charge on any atom is -0.358 e. The van der Waals surface area contributed by atoms with Gasteiger partial charge >= 0.3 is 0 Å². The SMILES string of the molecule is CCCCCCCCCCCCc1cc2c(ccc3c2ccc2c4ccc5[nH]c(CCCCCCCCCCCC)cc5c4ccc32)[nH]1. The second kappa shape index (κ2) is 17.9. The van der Waals surface area contributed by atoms with E-state index in [-0.39, 0.29) is 0 Å². The number of aromatic nitrogens is 2. The Balaban J connectivity index is 1.07. The third-order valence-corrected chi connectivity index (χ3v) is 11.1. The van der Waals surface area contributed by atoms with E-state index in [2.05, 4.69) is 84.5 Å². The summed E-state index contributed by atoms with van der Waals surface area (Å²) >= 11 is 0. The third-order valence-electron chi connectivity index (χ3n) is 11.1. The number of nitrogens with one attached hydrogen (secondary N) is 2. The highest BCUT2D eigenvalue weighted by Gasteiger charge is 2.12. The first-order valence-corrected chi connectivity index (χ1v) is 20.2. The maximum absolute atomic E-state index is 3.75. The summed E-state index contributed by atoms with van der Waals surface area (Å²) in [6.07, 6.45) is 30.0. The van der Waals surface area contributed by atoms with Crippen LogP contribution in [0.5, 0.6) is 0 Å². The molecule has 2 N–H and O–H groups in total. The van der Waals surface area contributed by atoms with E-state index in [4.69, 9.17) is 0 Å². The van der Waals surface area contributed by atoms with Crippen molar-refractivity contribution >= 4 is 54.1 Å². The van der Waals surface area contributed by atoms with E-state index in [1.165, 1.54) is 194 Å². The summed E-state index contributed by atoms with van der Waals surface area (Å²) in [4.78, 5) is 7.50. The van der Waals surface area contributed by atoms with Gasteiger partial charge in [0.1, 0.15) is 0 Å². The van der Waals surface area contributed by atoms with Crippen LogP contribution in [0.1, 0.15) is 154 Å². The predicted octanol–water partition coefficient (Wildman–Crippen LogP) is 15.0. The number of benzene rings is 4. The van der Waals surface area contributed by atoms with Gasteiger partial charge in [0.05, 0.1) is 0 Å². The molecule has 256 valence electrons.